The first-order valence-corrected chi connectivity index (χ1v) is 8.44. The molecule has 1 aliphatic heterocycles. The number of urea groups is 1. The quantitative estimate of drug-likeness (QED) is 0.646. The number of carbonyl (C=O) groups is 2. The van der Waals surface area contributed by atoms with E-state index in [1.165, 1.54) is 0 Å². The zero-order valence-electron chi connectivity index (χ0n) is 12.9. The fraction of sp³-hybridized carbons (Fsp3) is 0.375. The second kappa shape index (κ2) is 7.35. The largest absolute Gasteiger partial charge is 0.461 e. The predicted octanol–water partition coefficient (Wildman–Crippen LogP) is 2.53. The number of allylic oxidation sites excluding steroid dienone is 1. The molecule has 2 rings (SSSR count). The lowest BCUT2D eigenvalue weighted by atomic mass is 9.92. The Hall–Kier alpha value is -1.95. The summed E-state index contributed by atoms with van der Waals surface area (Å²) in [6, 6.07) is 6.88. The highest BCUT2D eigenvalue weighted by Crippen LogP contribution is 2.29. The van der Waals surface area contributed by atoms with Crippen LogP contribution in [0.1, 0.15) is 24.1 Å². The Kier molecular flexibility index (Phi) is 5.49. The van der Waals surface area contributed by atoms with Gasteiger partial charge in [0, 0.05) is 11.4 Å². The molecule has 2 N–H and O–H groups in total. The minimum Gasteiger partial charge on any atom is -0.461 e. The lowest BCUT2D eigenvalue weighted by molar-refractivity contribution is -0.138. The minimum absolute atomic E-state index is 0.314. The normalized spacial score (nSPS) is 17.8. The van der Waals surface area contributed by atoms with Gasteiger partial charge < -0.3 is 15.4 Å². The van der Waals surface area contributed by atoms with Crippen molar-refractivity contribution in [2.24, 2.45) is 0 Å². The molecular formula is C16H20N2O3S. The van der Waals surface area contributed by atoms with Crippen LogP contribution in [0.3, 0.4) is 0 Å². The SMILES string of the molecule is CSCCOC(=O)C1=C(C)NC(=O)N[C@H]1c1ccccc1C. The Morgan fingerprint density at radius 2 is 2.05 bits per heavy atom. The van der Waals surface area contributed by atoms with Crippen LogP contribution in [0.15, 0.2) is 35.5 Å². The molecule has 1 atom stereocenters. The number of nitrogens with one attached hydrogen (secondary N) is 2. The molecule has 0 fully saturated rings. The fourth-order valence-electron chi connectivity index (χ4n) is 2.40. The molecule has 22 heavy (non-hydrogen) atoms. The van der Waals surface area contributed by atoms with Gasteiger partial charge in [-0.15, -0.1) is 0 Å². The van der Waals surface area contributed by atoms with Crippen LogP contribution in [-0.4, -0.2) is 30.6 Å². The minimum atomic E-state index is -0.489. The Labute approximate surface area is 134 Å². The number of carbonyl (C=O) groups excluding carboxylic acids is 2. The maximum atomic E-state index is 12.4. The molecule has 0 saturated carbocycles. The smallest absolute Gasteiger partial charge is 0.338 e. The molecule has 0 spiro atoms. The lowest BCUT2D eigenvalue weighted by Crippen LogP contribution is -2.45. The second-order valence-corrected chi connectivity index (χ2v) is 6.04. The summed E-state index contributed by atoms with van der Waals surface area (Å²) < 4.78 is 5.31. The number of esters is 1. The monoisotopic (exact) mass is 320 g/mol. The van der Waals surface area contributed by atoms with Crippen LogP contribution < -0.4 is 10.6 Å². The number of benzene rings is 1. The number of rotatable bonds is 5. The van der Waals surface area contributed by atoms with Gasteiger partial charge >= 0.3 is 12.0 Å². The van der Waals surface area contributed by atoms with Crippen LogP contribution in [-0.2, 0) is 9.53 Å². The van der Waals surface area contributed by atoms with E-state index in [1.54, 1.807) is 18.7 Å². The van der Waals surface area contributed by atoms with Gasteiger partial charge in [0.15, 0.2) is 0 Å². The number of aryl methyl sites for hydroxylation is 1. The summed E-state index contributed by atoms with van der Waals surface area (Å²) in [6.07, 6.45) is 1.96. The highest BCUT2D eigenvalue weighted by molar-refractivity contribution is 7.98. The van der Waals surface area contributed by atoms with E-state index >= 15 is 0 Å². The van der Waals surface area contributed by atoms with Crippen molar-refractivity contribution in [1.82, 2.24) is 10.6 Å². The van der Waals surface area contributed by atoms with Gasteiger partial charge in [-0.2, -0.15) is 11.8 Å². The molecule has 0 bridgehead atoms. The summed E-state index contributed by atoms with van der Waals surface area (Å²) in [6.45, 7) is 4.02. The van der Waals surface area contributed by atoms with Crippen molar-refractivity contribution in [2.45, 2.75) is 19.9 Å². The number of thioether (sulfide) groups is 1. The molecule has 0 aromatic heterocycles. The van der Waals surface area contributed by atoms with E-state index in [-0.39, 0.29) is 6.03 Å². The van der Waals surface area contributed by atoms with Gasteiger partial charge in [-0.1, -0.05) is 24.3 Å². The van der Waals surface area contributed by atoms with Crippen LogP contribution >= 0.6 is 11.8 Å². The van der Waals surface area contributed by atoms with E-state index < -0.39 is 12.0 Å². The predicted molar refractivity (Wildman–Crippen MR) is 87.6 cm³/mol. The van der Waals surface area contributed by atoms with Gasteiger partial charge in [0.1, 0.15) is 6.61 Å². The van der Waals surface area contributed by atoms with Gasteiger partial charge in [0.2, 0.25) is 0 Å². The molecule has 0 saturated heterocycles. The van der Waals surface area contributed by atoms with E-state index in [4.69, 9.17) is 4.74 Å². The number of hydrogen-bond acceptors (Lipinski definition) is 4. The van der Waals surface area contributed by atoms with E-state index in [0.29, 0.717) is 17.9 Å². The molecule has 1 heterocycles. The molecule has 1 aromatic carbocycles. The van der Waals surface area contributed by atoms with E-state index in [1.807, 2.05) is 37.4 Å². The molecule has 0 aliphatic carbocycles. The number of ether oxygens (including phenoxy) is 1. The topological polar surface area (TPSA) is 67.4 Å². The second-order valence-electron chi connectivity index (χ2n) is 5.06. The molecule has 1 aliphatic rings. The summed E-state index contributed by atoms with van der Waals surface area (Å²) in [5.74, 6) is 0.347. The highest BCUT2D eigenvalue weighted by atomic mass is 32.2. The van der Waals surface area contributed by atoms with Crippen LogP contribution in [0.5, 0.6) is 0 Å². The Morgan fingerprint density at radius 3 is 2.73 bits per heavy atom. The fourth-order valence-corrected chi connectivity index (χ4v) is 2.65. The Bertz CT molecular complexity index is 613. The number of amides is 2. The van der Waals surface area contributed by atoms with Gasteiger partial charge in [0.25, 0.3) is 0 Å². The van der Waals surface area contributed by atoms with Gasteiger partial charge in [-0.3, -0.25) is 0 Å². The molecule has 0 radical (unpaired) electrons. The summed E-state index contributed by atoms with van der Waals surface area (Å²) in [7, 11) is 0. The molecule has 118 valence electrons. The van der Waals surface area contributed by atoms with Crippen LogP contribution in [0, 0.1) is 6.92 Å². The van der Waals surface area contributed by atoms with Gasteiger partial charge in [0.05, 0.1) is 11.6 Å². The first-order chi connectivity index (χ1) is 10.5. The van der Waals surface area contributed by atoms with Crippen molar-refractivity contribution in [3.8, 4) is 0 Å². The van der Waals surface area contributed by atoms with Gasteiger partial charge in [-0.05, 0) is 31.2 Å². The van der Waals surface area contributed by atoms with Crippen molar-refractivity contribution in [3.63, 3.8) is 0 Å². The third-order valence-electron chi connectivity index (χ3n) is 3.51. The highest BCUT2D eigenvalue weighted by Gasteiger charge is 2.32. The Morgan fingerprint density at radius 1 is 1.32 bits per heavy atom. The van der Waals surface area contributed by atoms with E-state index in [0.717, 1.165) is 16.9 Å². The molecule has 5 nitrogen and oxygen atoms in total. The third kappa shape index (κ3) is 3.62. The maximum absolute atomic E-state index is 12.4. The summed E-state index contributed by atoms with van der Waals surface area (Å²) >= 11 is 1.61. The van der Waals surface area contributed by atoms with E-state index in [2.05, 4.69) is 10.6 Å². The van der Waals surface area contributed by atoms with Gasteiger partial charge in [-0.25, -0.2) is 9.59 Å². The maximum Gasteiger partial charge on any atom is 0.338 e. The zero-order valence-corrected chi connectivity index (χ0v) is 13.8. The molecule has 6 heteroatoms. The third-order valence-corrected chi connectivity index (χ3v) is 4.08. The molecular weight excluding hydrogens is 300 g/mol. The number of hydrogen-bond donors (Lipinski definition) is 2. The molecule has 0 unspecified atom stereocenters. The van der Waals surface area contributed by atoms with Crippen molar-refractivity contribution in [2.75, 3.05) is 18.6 Å². The van der Waals surface area contributed by atoms with Crippen LogP contribution in [0.2, 0.25) is 0 Å². The Balaban J connectivity index is 2.33. The standard InChI is InChI=1S/C16H20N2O3S/c1-10-6-4-5-7-12(10)14-13(11(2)17-16(20)18-14)15(19)21-8-9-22-3/h4-7,14H,8-9H2,1-3H3,(H2,17,18,20)/t14-/m0/s1. The molecule has 1 aromatic rings. The summed E-state index contributed by atoms with van der Waals surface area (Å²) in [4.78, 5) is 24.2. The average molecular weight is 320 g/mol. The first kappa shape index (κ1) is 16.4. The molecule has 2 amide bonds. The van der Waals surface area contributed by atoms with Crippen molar-refractivity contribution in [1.29, 1.82) is 0 Å². The van der Waals surface area contributed by atoms with Crippen molar-refractivity contribution in [3.05, 3.63) is 46.7 Å². The van der Waals surface area contributed by atoms with Crippen molar-refractivity contribution >= 4 is 23.8 Å². The first-order valence-electron chi connectivity index (χ1n) is 7.04. The lowest BCUT2D eigenvalue weighted by Gasteiger charge is -2.29. The summed E-state index contributed by atoms with van der Waals surface area (Å²) in [5.41, 5.74) is 2.89. The van der Waals surface area contributed by atoms with Crippen LogP contribution in [0.25, 0.3) is 0 Å². The van der Waals surface area contributed by atoms with E-state index in [9.17, 15) is 9.59 Å². The van der Waals surface area contributed by atoms with Crippen molar-refractivity contribution < 1.29 is 14.3 Å². The summed E-state index contributed by atoms with van der Waals surface area (Å²) in [5, 5.41) is 5.45. The zero-order chi connectivity index (χ0) is 16.1. The van der Waals surface area contributed by atoms with Crippen LogP contribution in [0.4, 0.5) is 4.79 Å². The average Bonchev–Trinajstić information content (AvgIpc) is 2.47.